The van der Waals surface area contributed by atoms with E-state index in [2.05, 4.69) is 31.9 Å². The molecule has 2 aliphatic rings. The SMILES string of the molecule is CCC1=Nc2ccc(Cl)cc2N2C=C(C)C(C)N=C12. The second kappa shape index (κ2) is 4.49. The summed E-state index contributed by atoms with van der Waals surface area (Å²) in [7, 11) is 0. The normalized spacial score (nSPS) is 21.2. The van der Waals surface area contributed by atoms with E-state index in [9.17, 15) is 0 Å². The Labute approximate surface area is 118 Å². The summed E-state index contributed by atoms with van der Waals surface area (Å²) < 4.78 is 0. The molecule has 2 aliphatic heterocycles. The fraction of sp³-hybridized carbons (Fsp3) is 0.333. The molecule has 0 N–H and O–H groups in total. The highest BCUT2D eigenvalue weighted by molar-refractivity contribution is 6.49. The molecule has 0 aromatic heterocycles. The minimum absolute atomic E-state index is 0.212. The Kier molecular flexibility index (Phi) is 2.94. The lowest BCUT2D eigenvalue weighted by Gasteiger charge is -2.33. The molecule has 2 heterocycles. The van der Waals surface area contributed by atoms with Gasteiger partial charge < -0.3 is 0 Å². The molecule has 0 amide bonds. The third-order valence-electron chi connectivity index (χ3n) is 3.58. The molecule has 1 atom stereocenters. The monoisotopic (exact) mass is 273 g/mol. The van der Waals surface area contributed by atoms with Gasteiger partial charge in [0.1, 0.15) is 0 Å². The van der Waals surface area contributed by atoms with Gasteiger partial charge in [-0.2, -0.15) is 0 Å². The smallest absolute Gasteiger partial charge is 0.154 e. The van der Waals surface area contributed by atoms with Gasteiger partial charge in [0.2, 0.25) is 0 Å². The molecule has 0 saturated heterocycles. The first-order valence-corrected chi connectivity index (χ1v) is 6.90. The molecular formula is C15H16ClN3. The molecule has 0 spiro atoms. The average Bonchev–Trinajstić information content (AvgIpc) is 2.40. The van der Waals surface area contributed by atoms with Gasteiger partial charge in [0.05, 0.1) is 23.1 Å². The molecule has 1 unspecified atom stereocenters. The van der Waals surface area contributed by atoms with Crippen molar-refractivity contribution >= 4 is 34.5 Å². The molecule has 0 aliphatic carbocycles. The van der Waals surface area contributed by atoms with Crippen molar-refractivity contribution in [1.29, 1.82) is 0 Å². The Hall–Kier alpha value is -1.61. The lowest BCUT2D eigenvalue weighted by Crippen LogP contribution is -2.39. The van der Waals surface area contributed by atoms with Crippen LogP contribution in [0.25, 0.3) is 0 Å². The van der Waals surface area contributed by atoms with Crippen molar-refractivity contribution in [2.24, 2.45) is 9.98 Å². The summed E-state index contributed by atoms with van der Waals surface area (Å²) in [5.74, 6) is 0.954. The molecule has 4 heteroatoms. The lowest BCUT2D eigenvalue weighted by molar-refractivity contribution is 0.837. The van der Waals surface area contributed by atoms with Crippen molar-refractivity contribution < 1.29 is 0 Å². The van der Waals surface area contributed by atoms with Crippen LogP contribution in [0.5, 0.6) is 0 Å². The van der Waals surface area contributed by atoms with E-state index in [0.29, 0.717) is 0 Å². The van der Waals surface area contributed by atoms with Gasteiger partial charge in [-0.1, -0.05) is 18.5 Å². The Morgan fingerprint density at radius 3 is 2.89 bits per heavy atom. The maximum absolute atomic E-state index is 6.11. The van der Waals surface area contributed by atoms with Crippen molar-refractivity contribution in [1.82, 2.24) is 0 Å². The summed E-state index contributed by atoms with van der Waals surface area (Å²) in [5.41, 5.74) is 4.24. The number of amidine groups is 1. The minimum Gasteiger partial charge on any atom is -0.298 e. The molecule has 1 aromatic carbocycles. The van der Waals surface area contributed by atoms with Crippen molar-refractivity contribution in [3.05, 3.63) is 35.0 Å². The Morgan fingerprint density at radius 2 is 2.16 bits per heavy atom. The molecule has 98 valence electrons. The number of halogens is 1. The summed E-state index contributed by atoms with van der Waals surface area (Å²) in [4.78, 5) is 11.6. The summed E-state index contributed by atoms with van der Waals surface area (Å²) in [6.07, 6.45) is 3.02. The van der Waals surface area contributed by atoms with Crippen LogP contribution in [-0.4, -0.2) is 17.6 Å². The number of rotatable bonds is 1. The van der Waals surface area contributed by atoms with Crippen LogP contribution in [0, 0.1) is 0 Å². The second-order valence-corrected chi connectivity index (χ2v) is 5.35. The quantitative estimate of drug-likeness (QED) is 0.748. The zero-order chi connectivity index (χ0) is 13.6. The van der Waals surface area contributed by atoms with Crippen LogP contribution in [0.1, 0.15) is 27.2 Å². The summed E-state index contributed by atoms with van der Waals surface area (Å²) in [6, 6.07) is 6.00. The Bertz CT molecular complexity index is 628. The van der Waals surface area contributed by atoms with E-state index in [0.717, 1.165) is 34.4 Å². The summed E-state index contributed by atoms with van der Waals surface area (Å²) >= 11 is 6.11. The fourth-order valence-corrected chi connectivity index (χ4v) is 2.50. The van der Waals surface area contributed by atoms with Crippen molar-refractivity contribution in [2.45, 2.75) is 33.2 Å². The van der Waals surface area contributed by atoms with Crippen LogP contribution in [0.3, 0.4) is 0 Å². The predicted molar refractivity (Wildman–Crippen MR) is 82.0 cm³/mol. The predicted octanol–water partition coefficient (Wildman–Crippen LogP) is 4.35. The molecule has 3 nitrogen and oxygen atoms in total. The third kappa shape index (κ3) is 1.98. The van der Waals surface area contributed by atoms with Crippen LogP contribution in [0.2, 0.25) is 5.02 Å². The van der Waals surface area contributed by atoms with Crippen LogP contribution < -0.4 is 4.90 Å². The van der Waals surface area contributed by atoms with Crippen LogP contribution in [0.4, 0.5) is 11.4 Å². The number of hydrogen-bond acceptors (Lipinski definition) is 3. The molecule has 0 fully saturated rings. The molecule has 0 bridgehead atoms. The molecule has 3 rings (SSSR count). The number of aliphatic imine (C=N–C) groups is 2. The standard InChI is InChI=1S/C15H16ClN3/c1-4-12-15-17-10(3)9(2)8-19(15)14-7-11(16)5-6-13(14)18-12/h5-8,10H,4H2,1-3H3. The maximum atomic E-state index is 6.11. The topological polar surface area (TPSA) is 28.0 Å². The first kappa shape index (κ1) is 12.4. The van der Waals surface area contributed by atoms with Gasteiger partial charge in [0.15, 0.2) is 5.84 Å². The van der Waals surface area contributed by atoms with E-state index in [1.807, 2.05) is 18.2 Å². The van der Waals surface area contributed by atoms with E-state index in [-0.39, 0.29) is 6.04 Å². The van der Waals surface area contributed by atoms with Crippen LogP contribution >= 0.6 is 11.6 Å². The molecule has 0 radical (unpaired) electrons. The Balaban J connectivity index is 2.21. The highest BCUT2D eigenvalue weighted by Gasteiger charge is 2.28. The zero-order valence-corrected chi connectivity index (χ0v) is 12.1. The first-order chi connectivity index (χ1) is 9.10. The summed E-state index contributed by atoms with van der Waals surface area (Å²) in [6.45, 7) is 6.32. The average molecular weight is 274 g/mol. The van der Waals surface area contributed by atoms with E-state index in [4.69, 9.17) is 21.6 Å². The number of benzene rings is 1. The largest absolute Gasteiger partial charge is 0.298 e. The number of hydrogen-bond donors (Lipinski definition) is 0. The molecule has 0 saturated carbocycles. The van der Waals surface area contributed by atoms with E-state index in [1.54, 1.807) is 0 Å². The lowest BCUT2D eigenvalue weighted by atomic mass is 10.1. The van der Waals surface area contributed by atoms with E-state index >= 15 is 0 Å². The van der Waals surface area contributed by atoms with Gasteiger partial charge in [-0.3, -0.25) is 9.89 Å². The third-order valence-corrected chi connectivity index (χ3v) is 3.82. The van der Waals surface area contributed by atoms with E-state index in [1.165, 1.54) is 5.57 Å². The molecule has 1 aromatic rings. The maximum Gasteiger partial charge on any atom is 0.154 e. The van der Waals surface area contributed by atoms with E-state index < -0.39 is 0 Å². The van der Waals surface area contributed by atoms with Crippen molar-refractivity contribution in [2.75, 3.05) is 4.90 Å². The summed E-state index contributed by atoms with van der Waals surface area (Å²) in [5, 5.41) is 0.720. The highest BCUT2D eigenvalue weighted by atomic mass is 35.5. The van der Waals surface area contributed by atoms with Crippen molar-refractivity contribution in [3.8, 4) is 0 Å². The minimum atomic E-state index is 0.212. The van der Waals surface area contributed by atoms with Crippen LogP contribution in [-0.2, 0) is 0 Å². The first-order valence-electron chi connectivity index (χ1n) is 6.53. The van der Waals surface area contributed by atoms with Crippen molar-refractivity contribution in [3.63, 3.8) is 0 Å². The number of nitrogens with zero attached hydrogens (tertiary/aromatic N) is 3. The van der Waals surface area contributed by atoms with Gasteiger partial charge in [0, 0.05) is 11.2 Å². The van der Waals surface area contributed by atoms with Gasteiger partial charge in [-0.25, -0.2) is 4.99 Å². The Morgan fingerprint density at radius 1 is 1.37 bits per heavy atom. The van der Waals surface area contributed by atoms with Gasteiger partial charge >= 0.3 is 0 Å². The van der Waals surface area contributed by atoms with Crippen LogP contribution in [0.15, 0.2) is 40.0 Å². The highest BCUT2D eigenvalue weighted by Crippen LogP contribution is 2.37. The second-order valence-electron chi connectivity index (χ2n) is 4.92. The fourth-order valence-electron chi connectivity index (χ4n) is 2.33. The molecule has 19 heavy (non-hydrogen) atoms. The number of anilines is 1. The van der Waals surface area contributed by atoms with Gasteiger partial charge in [0.25, 0.3) is 0 Å². The number of fused-ring (bicyclic) bond motifs is 3. The zero-order valence-electron chi connectivity index (χ0n) is 11.3. The van der Waals surface area contributed by atoms with Gasteiger partial charge in [-0.15, -0.1) is 0 Å². The van der Waals surface area contributed by atoms with Gasteiger partial charge in [-0.05, 0) is 44.0 Å². The molecular weight excluding hydrogens is 258 g/mol.